The molecule has 0 N–H and O–H groups in total. The van der Waals surface area contributed by atoms with Crippen LogP contribution < -0.4 is 9.47 Å². The van der Waals surface area contributed by atoms with Crippen molar-refractivity contribution >= 4 is 0 Å². The number of hydrogen-bond acceptors (Lipinski definition) is 4. The van der Waals surface area contributed by atoms with Crippen LogP contribution in [0.25, 0.3) is 0 Å². The third-order valence-electron chi connectivity index (χ3n) is 7.41. The molecule has 4 heteroatoms. The molecule has 2 saturated heterocycles. The summed E-state index contributed by atoms with van der Waals surface area (Å²) in [5, 5.41) is 0. The number of likely N-dealkylation sites (tertiary alicyclic amines) is 1. The van der Waals surface area contributed by atoms with Crippen LogP contribution in [-0.2, 0) is 0 Å². The van der Waals surface area contributed by atoms with Gasteiger partial charge in [0.25, 0.3) is 0 Å². The predicted molar refractivity (Wildman–Crippen MR) is 125 cm³/mol. The van der Waals surface area contributed by atoms with Crippen molar-refractivity contribution < 1.29 is 9.47 Å². The number of hydrogen-bond donors (Lipinski definition) is 0. The van der Waals surface area contributed by atoms with Crippen molar-refractivity contribution in [2.24, 2.45) is 0 Å². The van der Waals surface area contributed by atoms with Gasteiger partial charge in [0.2, 0.25) is 0 Å². The number of methoxy groups -OCH3 is 1. The van der Waals surface area contributed by atoms with Gasteiger partial charge >= 0.3 is 0 Å². The van der Waals surface area contributed by atoms with Crippen LogP contribution in [0.1, 0.15) is 67.2 Å². The first-order valence-electron chi connectivity index (χ1n) is 12.2. The summed E-state index contributed by atoms with van der Waals surface area (Å²) < 4.78 is 12.0. The Balaban J connectivity index is 1.38. The summed E-state index contributed by atoms with van der Waals surface area (Å²) in [5.41, 5.74) is 4.22. The Hall–Kier alpha value is -2.04. The van der Waals surface area contributed by atoms with E-state index < -0.39 is 0 Å². The molecule has 0 amide bonds. The molecule has 3 aliphatic rings. The van der Waals surface area contributed by atoms with Crippen LogP contribution in [0, 0.1) is 0 Å². The molecule has 0 radical (unpaired) electrons. The van der Waals surface area contributed by atoms with E-state index in [9.17, 15) is 0 Å². The van der Waals surface area contributed by atoms with Crippen LogP contribution >= 0.6 is 0 Å². The minimum atomic E-state index is 0.331. The fourth-order valence-corrected chi connectivity index (χ4v) is 5.86. The average molecular weight is 421 g/mol. The molecule has 166 valence electrons. The first kappa shape index (κ1) is 20.8. The molecule has 5 rings (SSSR count). The summed E-state index contributed by atoms with van der Waals surface area (Å²) in [4.78, 5) is 5.27. The summed E-state index contributed by atoms with van der Waals surface area (Å²) in [7, 11) is 1.75. The summed E-state index contributed by atoms with van der Waals surface area (Å²) in [5.74, 6) is 2.36. The number of piperidine rings is 1. The van der Waals surface area contributed by atoms with Crippen LogP contribution in [0.15, 0.2) is 42.5 Å². The Kier molecular flexibility index (Phi) is 6.47. The van der Waals surface area contributed by atoms with Crippen molar-refractivity contribution in [1.82, 2.24) is 9.80 Å². The summed E-state index contributed by atoms with van der Waals surface area (Å²) in [6, 6.07) is 15.9. The molecule has 2 fully saturated rings. The topological polar surface area (TPSA) is 24.9 Å². The van der Waals surface area contributed by atoms with E-state index in [2.05, 4.69) is 46.2 Å². The maximum Gasteiger partial charge on any atom is 0.123 e. The van der Waals surface area contributed by atoms with Crippen molar-refractivity contribution in [3.05, 3.63) is 59.2 Å². The number of fused-ring (bicyclic) bond motifs is 3. The second-order valence-corrected chi connectivity index (χ2v) is 9.35. The molecule has 0 spiro atoms. The van der Waals surface area contributed by atoms with E-state index in [1.165, 1.54) is 68.4 Å². The van der Waals surface area contributed by atoms with Gasteiger partial charge in [-0.2, -0.15) is 0 Å². The van der Waals surface area contributed by atoms with Gasteiger partial charge in [-0.05, 0) is 81.1 Å². The van der Waals surface area contributed by atoms with Gasteiger partial charge in [-0.25, -0.2) is 0 Å². The van der Waals surface area contributed by atoms with Crippen molar-refractivity contribution in [2.75, 3.05) is 46.4 Å². The number of rotatable bonds is 7. The van der Waals surface area contributed by atoms with Crippen LogP contribution in [0.4, 0.5) is 0 Å². The first-order chi connectivity index (χ1) is 15.3. The first-order valence-corrected chi connectivity index (χ1v) is 12.2. The highest BCUT2D eigenvalue weighted by Gasteiger charge is 2.38. The monoisotopic (exact) mass is 420 g/mol. The Morgan fingerprint density at radius 2 is 1.84 bits per heavy atom. The van der Waals surface area contributed by atoms with Crippen molar-refractivity contribution in [1.29, 1.82) is 0 Å². The van der Waals surface area contributed by atoms with Crippen LogP contribution in [-0.4, -0.2) is 56.2 Å². The smallest absolute Gasteiger partial charge is 0.123 e. The van der Waals surface area contributed by atoms with Gasteiger partial charge in [-0.1, -0.05) is 30.7 Å². The Morgan fingerprint density at radius 3 is 2.71 bits per heavy atom. The maximum absolute atomic E-state index is 6.48. The molecule has 31 heavy (non-hydrogen) atoms. The zero-order valence-corrected chi connectivity index (χ0v) is 18.9. The normalized spacial score (nSPS) is 23.9. The fraction of sp³-hybridized carbons (Fsp3) is 0.556. The molecule has 0 aromatic heterocycles. The SMILES string of the molecule is COc1cccc([C@H]2CN3CCC[C@H]3c3cccc(OCCCN4CCCCC4)c32)c1. The van der Waals surface area contributed by atoms with Crippen LogP contribution in [0.3, 0.4) is 0 Å². The molecule has 0 aliphatic carbocycles. The molecule has 3 aliphatic heterocycles. The standard InChI is InChI=1S/C27H36N2O2/c1-30-22-10-5-9-21(19-22)24-20-29-17-7-12-25(29)23-11-6-13-26(27(23)24)31-18-8-16-28-14-3-2-4-15-28/h5-6,9-11,13,19,24-25H,2-4,7-8,12,14-18,20H2,1H3/t24-,25+/m1/s1. The van der Waals surface area contributed by atoms with Gasteiger partial charge in [0.15, 0.2) is 0 Å². The highest BCUT2D eigenvalue weighted by Crippen LogP contribution is 2.47. The average Bonchev–Trinajstić information content (AvgIpc) is 3.31. The molecule has 2 aromatic carbocycles. The Bertz CT molecular complexity index is 877. The lowest BCUT2D eigenvalue weighted by atomic mass is 9.81. The lowest BCUT2D eigenvalue weighted by molar-refractivity contribution is 0.200. The Morgan fingerprint density at radius 1 is 0.968 bits per heavy atom. The molecular weight excluding hydrogens is 384 g/mol. The number of nitrogens with zero attached hydrogens (tertiary/aromatic N) is 2. The second-order valence-electron chi connectivity index (χ2n) is 9.35. The number of ether oxygens (including phenoxy) is 2. The van der Waals surface area contributed by atoms with Crippen molar-refractivity contribution in [3.63, 3.8) is 0 Å². The van der Waals surface area contributed by atoms with Gasteiger partial charge < -0.3 is 14.4 Å². The van der Waals surface area contributed by atoms with Crippen molar-refractivity contribution in [2.45, 2.75) is 50.5 Å². The minimum Gasteiger partial charge on any atom is -0.497 e. The zero-order chi connectivity index (χ0) is 21.0. The lowest BCUT2D eigenvalue weighted by Crippen LogP contribution is -2.35. The van der Waals surface area contributed by atoms with Gasteiger partial charge in [0.05, 0.1) is 13.7 Å². The van der Waals surface area contributed by atoms with E-state index in [1.807, 2.05) is 6.07 Å². The van der Waals surface area contributed by atoms with E-state index in [4.69, 9.17) is 9.47 Å². The Labute approximate surface area is 187 Å². The third-order valence-corrected chi connectivity index (χ3v) is 7.41. The maximum atomic E-state index is 6.48. The second kappa shape index (κ2) is 9.62. The van der Waals surface area contributed by atoms with E-state index >= 15 is 0 Å². The minimum absolute atomic E-state index is 0.331. The zero-order valence-electron chi connectivity index (χ0n) is 18.9. The quantitative estimate of drug-likeness (QED) is 0.573. The molecule has 4 nitrogen and oxygen atoms in total. The summed E-state index contributed by atoms with van der Waals surface area (Å²) >= 11 is 0. The highest BCUT2D eigenvalue weighted by molar-refractivity contribution is 5.51. The number of benzene rings is 2. The van der Waals surface area contributed by atoms with E-state index in [1.54, 1.807) is 7.11 Å². The summed E-state index contributed by atoms with van der Waals surface area (Å²) in [6.07, 6.45) is 7.75. The van der Waals surface area contributed by atoms with Gasteiger partial charge in [0, 0.05) is 30.6 Å². The van der Waals surface area contributed by atoms with Gasteiger partial charge in [-0.3, -0.25) is 4.90 Å². The van der Waals surface area contributed by atoms with E-state index in [0.717, 1.165) is 37.6 Å². The predicted octanol–water partition coefficient (Wildman–Crippen LogP) is 5.23. The van der Waals surface area contributed by atoms with Gasteiger partial charge in [-0.15, -0.1) is 0 Å². The molecular formula is C27H36N2O2. The van der Waals surface area contributed by atoms with Crippen LogP contribution in [0.2, 0.25) is 0 Å². The molecule has 3 heterocycles. The highest BCUT2D eigenvalue weighted by atomic mass is 16.5. The van der Waals surface area contributed by atoms with Crippen LogP contribution in [0.5, 0.6) is 11.5 Å². The molecule has 0 saturated carbocycles. The fourth-order valence-electron chi connectivity index (χ4n) is 5.86. The molecule has 2 aromatic rings. The molecule has 2 atom stereocenters. The van der Waals surface area contributed by atoms with Gasteiger partial charge in [0.1, 0.15) is 11.5 Å². The van der Waals surface area contributed by atoms with E-state index in [-0.39, 0.29) is 0 Å². The summed E-state index contributed by atoms with van der Waals surface area (Å²) in [6.45, 7) is 6.74. The van der Waals surface area contributed by atoms with Crippen molar-refractivity contribution in [3.8, 4) is 11.5 Å². The van der Waals surface area contributed by atoms with E-state index in [0.29, 0.717) is 12.0 Å². The lowest BCUT2D eigenvalue weighted by Gasteiger charge is -2.38. The molecule has 0 unspecified atom stereocenters. The molecule has 0 bridgehead atoms. The largest absolute Gasteiger partial charge is 0.497 e. The third kappa shape index (κ3) is 4.47.